The van der Waals surface area contributed by atoms with E-state index in [0.717, 1.165) is 31.2 Å². The topological polar surface area (TPSA) is 49.4 Å². The molecule has 1 aliphatic rings. The average molecular weight is 295 g/mol. The van der Waals surface area contributed by atoms with Crippen LogP contribution in [-0.4, -0.2) is 29.8 Å². The molecule has 1 heterocycles. The van der Waals surface area contributed by atoms with Crippen molar-refractivity contribution in [3.05, 3.63) is 28.8 Å². The molecule has 1 fully saturated rings. The molecule has 1 aromatic carbocycles. The lowest BCUT2D eigenvalue weighted by molar-refractivity contribution is -0.143. The van der Waals surface area contributed by atoms with Crippen LogP contribution in [0.15, 0.2) is 18.2 Å². The van der Waals surface area contributed by atoms with Crippen molar-refractivity contribution in [1.82, 2.24) is 4.90 Å². The number of rotatable bonds is 1. The molecule has 1 aliphatic heterocycles. The average Bonchev–Trinajstić information content (AvgIpc) is 2.71. The minimum atomic E-state index is -0.586. The van der Waals surface area contributed by atoms with Crippen molar-refractivity contribution in [1.29, 1.82) is 0 Å². The quantitative estimate of drug-likeness (QED) is 0.810. The Morgan fingerprint density at radius 3 is 2.45 bits per heavy atom. The first-order valence-corrected chi connectivity index (χ1v) is 7.32. The summed E-state index contributed by atoms with van der Waals surface area (Å²) < 4.78 is 0. The van der Waals surface area contributed by atoms with Crippen LogP contribution in [0, 0.1) is 6.92 Å². The second-order valence-corrected chi connectivity index (χ2v) is 5.56. The van der Waals surface area contributed by atoms with Gasteiger partial charge in [-0.1, -0.05) is 30.5 Å². The molecule has 108 valence electrons. The van der Waals surface area contributed by atoms with E-state index in [-0.39, 0.29) is 0 Å². The van der Waals surface area contributed by atoms with Gasteiger partial charge in [-0.05, 0) is 37.5 Å². The Labute approximate surface area is 124 Å². The van der Waals surface area contributed by atoms with Crippen molar-refractivity contribution in [2.45, 2.75) is 32.6 Å². The fraction of sp³-hybridized carbons (Fsp3) is 0.467. The molecule has 0 bridgehead atoms. The highest BCUT2D eigenvalue weighted by Gasteiger charge is 2.23. The van der Waals surface area contributed by atoms with Gasteiger partial charge in [0, 0.05) is 23.8 Å². The Bertz CT molecular complexity index is 509. The monoisotopic (exact) mass is 294 g/mol. The van der Waals surface area contributed by atoms with Crippen molar-refractivity contribution in [2.75, 3.05) is 18.4 Å². The van der Waals surface area contributed by atoms with Gasteiger partial charge in [0.25, 0.3) is 0 Å². The third-order valence-corrected chi connectivity index (χ3v) is 3.77. The molecular formula is C15H19ClN2O2. The maximum Gasteiger partial charge on any atom is 0.313 e. The fourth-order valence-electron chi connectivity index (χ4n) is 2.32. The van der Waals surface area contributed by atoms with E-state index in [0.29, 0.717) is 23.8 Å². The van der Waals surface area contributed by atoms with Gasteiger partial charge in [0.2, 0.25) is 0 Å². The highest BCUT2D eigenvalue weighted by molar-refractivity contribution is 6.39. The first-order chi connectivity index (χ1) is 9.58. The van der Waals surface area contributed by atoms with Gasteiger partial charge in [-0.25, -0.2) is 0 Å². The van der Waals surface area contributed by atoms with Crippen molar-refractivity contribution in [2.24, 2.45) is 0 Å². The summed E-state index contributed by atoms with van der Waals surface area (Å²) in [5, 5.41) is 3.19. The summed E-state index contributed by atoms with van der Waals surface area (Å²) in [4.78, 5) is 25.8. The van der Waals surface area contributed by atoms with E-state index in [1.54, 1.807) is 17.0 Å². The number of hydrogen-bond acceptors (Lipinski definition) is 2. The molecular weight excluding hydrogens is 276 g/mol. The number of halogens is 1. The smallest absolute Gasteiger partial charge is 0.313 e. The van der Waals surface area contributed by atoms with Crippen LogP contribution < -0.4 is 5.32 Å². The molecule has 1 aromatic rings. The highest BCUT2D eigenvalue weighted by atomic mass is 35.5. The summed E-state index contributed by atoms with van der Waals surface area (Å²) >= 11 is 5.90. The third-order valence-electron chi connectivity index (χ3n) is 3.54. The molecule has 0 saturated carbocycles. The second-order valence-electron chi connectivity index (χ2n) is 5.12. The van der Waals surface area contributed by atoms with Gasteiger partial charge >= 0.3 is 11.8 Å². The van der Waals surface area contributed by atoms with E-state index in [4.69, 9.17) is 11.6 Å². The van der Waals surface area contributed by atoms with Crippen molar-refractivity contribution >= 4 is 29.1 Å². The lowest BCUT2D eigenvalue weighted by Gasteiger charge is -2.19. The number of carbonyl (C=O) groups is 2. The predicted molar refractivity (Wildman–Crippen MR) is 79.9 cm³/mol. The summed E-state index contributed by atoms with van der Waals surface area (Å²) in [6, 6.07) is 5.22. The lowest BCUT2D eigenvalue weighted by Crippen LogP contribution is -2.40. The molecule has 4 nitrogen and oxygen atoms in total. The molecule has 2 rings (SSSR count). The van der Waals surface area contributed by atoms with Crippen LogP contribution in [0.25, 0.3) is 0 Å². The minimum absolute atomic E-state index is 0.453. The number of amides is 2. The number of anilines is 1. The normalized spacial score (nSPS) is 15.6. The summed E-state index contributed by atoms with van der Waals surface area (Å²) in [5.74, 6) is -1.04. The van der Waals surface area contributed by atoms with Crippen LogP contribution in [0.4, 0.5) is 5.69 Å². The van der Waals surface area contributed by atoms with Crippen LogP contribution in [-0.2, 0) is 9.59 Å². The summed E-state index contributed by atoms with van der Waals surface area (Å²) in [6.45, 7) is 3.20. The maximum absolute atomic E-state index is 12.1. The Balaban J connectivity index is 2.03. The van der Waals surface area contributed by atoms with Crippen LogP contribution in [0.3, 0.4) is 0 Å². The zero-order valence-electron chi connectivity index (χ0n) is 11.6. The van der Waals surface area contributed by atoms with Gasteiger partial charge in [-0.3, -0.25) is 9.59 Å². The highest BCUT2D eigenvalue weighted by Crippen LogP contribution is 2.20. The predicted octanol–water partition coefficient (Wildman–Crippen LogP) is 2.99. The van der Waals surface area contributed by atoms with E-state index in [2.05, 4.69) is 5.32 Å². The van der Waals surface area contributed by atoms with Crippen LogP contribution >= 0.6 is 11.6 Å². The van der Waals surface area contributed by atoms with Crippen LogP contribution in [0.5, 0.6) is 0 Å². The van der Waals surface area contributed by atoms with Crippen LogP contribution in [0.1, 0.15) is 31.2 Å². The van der Waals surface area contributed by atoms with E-state index in [1.807, 2.05) is 13.0 Å². The molecule has 0 aromatic heterocycles. The van der Waals surface area contributed by atoms with Gasteiger partial charge < -0.3 is 10.2 Å². The molecule has 1 N–H and O–H groups in total. The van der Waals surface area contributed by atoms with E-state index in [9.17, 15) is 9.59 Å². The van der Waals surface area contributed by atoms with E-state index in [1.165, 1.54) is 0 Å². The summed E-state index contributed by atoms with van der Waals surface area (Å²) in [5.41, 5.74) is 1.47. The van der Waals surface area contributed by atoms with E-state index < -0.39 is 11.8 Å². The zero-order chi connectivity index (χ0) is 14.5. The second kappa shape index (κ2) is 6.75. The Kier molecular flexibility index (Phi) is 5.01. The van der Waals surface area contributed by atoms with Crippen LogP contribution in [0.2, 0.25) is 5.02 Å². The van der Waals surface area contributed by atoms with Gasteiger partial charge in [0.1, 0.15) is 0 Å². The largest absolute Gasteiger partial charge is 0.334 e. The molecule has 0 spiro atoms. The molecule has 0 atom stereocenters. The number of aryl methyl sites for hydroxylation is 1. The van der Waals surface area contributed by atoms with Gasteiger partial charge in [-0.2, -0.15) is 0 Å². The maximum atomic E-state index is 12.1. The Morgan fingerprint density at radius 1 is 1.15 bits per heavy atom. The molecule has 0 aliphatic carbocycles. The van der Waals surface area contributed by atoms with Gasteiger partial charge in [0.15, 0.2) is 0 Å². The van der Waals surface area contributed by atoms with Gasteiger partial charge in [-0.15, -0.1) is 0 Å². The molecule has 0 radical (unpaired) electrons. The number of nitrogens with zero attached hydrogens (tertiary/aromatic N) is 1. The SMILES string of the molecule is Cc1ccc(Cl)cc1NC(=O)C(=O)N1CCCCCC1. The van der Waals surface area contributed by atoms with Crippen molar-refractivity contribution in [3.63, 3.8) is 0 Å². The fourth-order valence-corrected chi connectivity index (χ4v) is 2.49. The number of hydrogen-bond donors (Lipinski definition) is 1. The van der Waals surface area contributed by atoms with Gasteiger partial charge in [0.05, 0.1) is 0 Å². The molecule has 1 saturated heterocycles. The zero-order valence-corrected chi connectivity index (χ0v) is 12.4. The van der Waals surface area contributed by atoms with E-state index >= 15 is 0 Å². The number of benzene rings is 1. The Hall–Kier alpha value is -1.55. The third kappa shape index (κ3) is 3.73. The standard InChI is InChI=1S/C15H19ClN2O2/c1-11-6-7-12(16)10-13(11)17-14(19)15(20)18-8-4-2-3-5-9-18/h6-7,10H,2-5,8-9H2,1H3,(H,17,19). The molecule has 0 unspecified atom stereocenters. The Morgan fingerprint density at radius 2 is 1.80 bits per heavy atom. The molecule has 2 amide bonds. The number of carbonyl (C=O) groups excluding carboxylic acids is 2. The molecule has 5 heteroatoms. The molecule has 20 heavy (non-hydrogen) atoms. The summed E-state index contributed by atoms with van der Waals surface area (Å²) in [6.07, 6.45) is 4.18. The number of likely N-dealkylation sites (tertiary alicyclic amines) is 1. The first kappa shape index (κ1) is 14.9. The van der Waals surface area contributed by atoms with Crippen molar-refractivity contribution in [3.8, 4) is 0 Å². The first-order valence-electron chi connectivity index (χ1n) is 6.94. The number of nitrogens with one attached hydrogen (secondary N) is 1. The lowest BCUT2D eigenvalue weighted by atomic mass is 10.2. The summed E-state index contributed by atoms with van der Waals surface area (Å²) in [7, 11) is 0. The van der Waals surface area contributed by atoms with Crippen molar-refractivity contribution < 1.29 is 9.59 Å². The minimum Gasteiger partial charge on any atom is -0.334 e.